The minimum Gasteiger partial charge on any atom is -0.299 e. The van der Waals surface area contributed by atoms with Crippen LogP contribution in [0, 0.1) is 5.92 Å². The van der Waals surface area contributed by atoms with Crippen LogP contribution in [0.2, 0.25) is 0 Å². The molecule has 1 aromatic carbocycles. The SMILES string of the molecule is CCCC(=O)[C@H](CCC)[C@H](C)c1ccccc1. The molecule has 0 unspecified atom stereocenters. The van der Waals surface area contributed by atoms with Gasteiger partial charge in [0.05, 0.1) is 0 Å². The summed E-state index contributed by atoms with van der Waals surface area (Å²) in [4.78, 5) is 12.1. The molecule has 1 rings (SSSR count). The molecule has 1 heteroatoms. The van der Waals surface area contributed by atoms with Gasteiger partial charge in [-0.3, -0.25) is 4.79 Å². The lowest BCUT2D eigenvalue weighted by Gasteiger charge is -2.22. The van der Waals surface area contributed by atoms with E-state index in [2.05, 4.69) is 45.0 Å². The highest BCUT2D eigenvalue weighted by Crippen LogP contribution is 2.29. The van der Waals surface area contributed by atoms with Crippen LogP contribution in [0.5, 0.6) is 0 Å². The summed E-state index contributed by atoms with van der Waals surface area (Å²) in [7, 11) is 0. The molecule has 94 valence electrons. The number of ketones is 1. The van der Waals surface area contributed by atoms with Crippen LogP contribution in [-0.4, -0.2) is 5.78 Å². The maximum Gasteiger partial charge on any atom is 0.136 e. The molecule has 0 aliphatic rings. The van der Waals surface area contributed by atoms with Crippen LogP contribution < -0.4 is 0 Å². The molecule has 0 radical (unpaired) electrons. The molecule has 1 nitrogen and oxygen atoms in total. The zero-order valence-electron chi connectivity index (χ0n) is 11.3. The Bertz CT molecular complexity index is 329. The topological polar surface area (TPSA) is 17.1 Å². The third-order valence-electron chi connectivity index (χ3n) is 3.44. The second-order valence-electron chi connectivity index (χ2n) is 4.81. The number of carbonyl (C=O) groups is 1. The fourth-order valence-electron chi connectivity index (χ4n) is 2.42. The van der Waals surface area contributed by atoms with Gasteiger partial charge in [0.15, 0.2) is 0 Å². The van der Waals surface area contributed by atoms with E-state index in [1.54, 1.807) is 0 Å². The van der Waals surface area contributed by atoms with Crippen molar-refractivity contribution in [2.45, 2.75) is 52.4 Å². The molecule has 1 aromatic rings. The Kier molecular flexibility index (Phi) is 5.96. The van der Waals surface area contributed by atoms with Crippen LogP contribution in [0.25, 0.3) is 0 Å². The summed E-state index contributed by atoms with van der Waals surface area (Å²) in [5, 5.41) is 0. The maximum atomic E-state index is 12.1. The minimum atomic E-state index is 0.197. The quantitative estimate of drug-likeness (QED) is 0.672. The van der Waals surface area contributed by atoms with Crippen LogP contribution in [0.3, 0.4) is 0 Å². The van der Waals surface area contributed by atoms with E-state index >= 15 is 0 Å². The largest absolute Gasteiger partial charge is 0.299 e. The van der Waals surface area contributed by atoms with Crippen molar-refractivity contribution >= 4 is 5.78 Å². The molecule has 0 aliphatic carbocycles. The summed E-state index contributed by atoms with van der Waals surface area (Å²) >= 11 is 0. The second-order valence-corrected chi connectivity index (χ2v) is 4.81. The standard InChI is InChI=1S/C16H24O/c1-4-9-15(16(17)10-5-2)13(3)14-11-7-6-8-12-14/h6-8,11-13,15H,4-5,9-10H2,1-3H3/t13-,15-/m1/s1. The van der Waals surface area contributed by atoms with Crippen molar-refractivity contribution in [1.82, 2.24) is 0 Å². The van der Waals surface area contributed by atoms with Gasteiger partial charge in [-0.05, 0) is 24.3 Å². The Balaban J connectivity index is 2.80. The number of rotatable bonds is 7. The average molecular weight is 232 g/mol. The van der Waals surface area contributed by atoms with Gasteiger partial charge in [0.2, 0.25) is 0 Å². The summed E-state index contributed by atoms with van der Waals surface area (Å²) in [6.07, 6.45) is 3.77. The third-order valence-corrected chi connectivity index (χ3v) is 3.44. The van der Waals surface area contributed by atoms with Crippen LogP contribution in [0.15, 0.2) is 30.3 Å². The molecule has 2 atom stereocenters. The fraction of sp³-hybridized carbons (Fsp3) is 0.562. The molecule has 0 spiro atoms. The van der Waals surface area contributed by atoms with Gasteiger partial charge in [0.1, 0.15) is 5.78 Å². The molecule has 0 saturated carbocycles. The molecule has 0 aliphatic heterocycles. The van der Waals surface area contributed by atoms with E-state index in [1.165, 1.54) is 5.56 Å². The normalized spacial score (nSPS) is 14.3. The lowest BCUT2D eigenvalue weighted by Crippen LogP contribution is -2.20. The van der Waals surface area contributed by atoms with Gasteiger partial charge in [-0.25, -0.2) is 0 Å². The number of benzene rings is 1. The van der Waals surface area contributed by atoms with Gasteiger partial charge in [-0.15, -0.1) is 0 Å². The fourth-order valence-corrected chi connectivity index (χ4v) is 2.42. The number of hydrogen-bond donors (Lipinski definition) is 0. The van der Waals surface area contributed by atoms with Crippen molar-refractivity contribution in [3.8, 4) is 0 Å². The molecule has 0 amide bonds. The monoisotopic (exact) mass is 232 g/mol. The van der Waals surface area contributed by atoms with Gasteiger partial charge in [0, 0.05) is 12.3 Å². The highest BCUT2D eigenvalue weighted by Gasteiger charge is 2.24. The first-order valence-corrected chi connectivity index (χ1v) is 6.78. The van der Waals surface area contributed by atoms with Crippen molar-refractivity contribution in [1.29, 1.82) is 0 Å². The van der Waals surface area contributed by atoms with E-state index in [0.29, 0.717) is 11.7 Å². The van der Waals surface area contributed by atoms with E-state index in [0.717, 1.165) is 25.7 Å². The summed E-state index contributed by atoms with van der Waals surface area (Å²) in [6.45, 7) is 6.42. The Morgan fingerprint density at radius 1 is 1.12 bits per heavy atom. The van der Waals surface area contributed by atoms with Crippen LogP contribution in [0.4, 0.5) is 0 Å². The first-order valence-electron chi connectivity index (χ1n) is 6.78. The predicted molar refractivity (Wildman–Crippen MR) is 73.2 cm³/mol. The van der Waals surface area contributed by atoms with Crippen LogP contribution >= 0.6 is 0 Å². The summed E-state index contributed by atoms with van der Waals surface area (Å²) in [5.41, 5.74) is 1.29. The van der Waals surface area contributed by atoms with E-state index < -0.39 is 0 Å². The highest BCUT2D eigenvalue weighted by atomic mass is 16.1. The van der Waals surface area contributed by atoms with E-state index in [-0.39, 0.29) is 5.92 Å². The molecular formula is C16H24O. The average Bonchev–Trinajstić information content (AvgIpc) is 2.36. The van der Waals surface area contributed by atoms with Crippen molar-refractivity contribution in [2.24, 2.45) is 5.92 Å². The Morgan fingerprint density at radius 2 is 1.76 bits per heavy atom. The maximum absolute atomic E-state index is 12.1. The predicted octanol–water partition coefficient (Wildman–Crippen LogP) is 4.58. The number of hydrogen-bond acceptors (Lipinski definition) is 1. The van der Waals surface area contributed by atoms with Gasteiger partial charge in [-0.2, -0.15) is 0 Å². The summed E-state index contributed by atoms with van der Waals surface area (Å²) < 4.78 is 0. The Labute approximate surface area is 105 Å². The van der Waals surface area contributed by atoms with Gasteiger partial charge < -0.3 is 0 Å². The van der Waals surface area contributed by atoms with Crippen molar-refractivity contribution in [2.75, 3.05) is 0 Å². The first-order chi connectivity index (χ1) is 8.20. The molecule has 0 aromatic heterocycles. The van der Waals surface area contributed by atoms with Crippen LogP contribution in [0.1, 0.15) is 57.9 Å². The minimum absolute atomic E-state index is 0.197. The smallest absolute Gasteiger partial charge is 0.136 e. The second kappa shape index (κ2) is 7.26. The molecule has 0 N–H and O–H groups in total. The first kappa shape index (κ1) is 14.0. The van der Waals surface area contributed by atoms with E-state index in [1.807, 2.05) is 6.07 Å². The molecule has 0 fully saturated rings. The van der Waals surface area contributed by atoms with Gasteiger partial charge in [0.25, 0.3) is 0 Å². The van der Waals surface area contributed by atoms with Crippen molar-refractivity contribution in [3.05, 3.63) is 35.9 Å². The van der Waals surface area contributed by atoms with E-state index in [4.69, 9.17) is 0 Å². The summed E-state index contributed by atoms with van der Waals surface area (Å²) in [5.74, 6) is 0.975. The zero-order chi connectivity index (χ0) is 12.7. The lowest BCUT2D eigenvalue weighted by molar-refractivity contribution is -0.123. The zero-order valence-corrected chi connectivity index (χ0v) is 11.3. The number of carbonyl (C=O) groups excluding carboxylic acids is 1. The van der Waals surface area contributed by atoms with Crippen LogP contribution in [-0.2, 0) is 4.79 Å². The van der Waals surface area contributed by atoms with Gasteiger partial charge in [-0.1, -0.05) is 57.5 Å². The molecule has 17 heavy (non-hydrogen) atoms. The molecular weight excluding hydrogens is 208 g/mol. The van der Waals surface area contributed by atoms with Crippen molar-refractivity contribution < 1.29 is 4.79 Å². The number of Topliss-reactive ketones (excluding diaryl/α,β-unsaturated/α-hetero) is 1. The van der Waals surface area contributed by atoms with E-state index in [9.17, 15) is 4.79 Å². The molecule has 0 heterocycles. The highest BCUT2D eigenvalue weighted by molar-refractivity contribution is 5.81. The molecule has 0 bridgehead atoms. The Hall–Kier alpha value is -1.11. The molecule has 0 saturated heterocycles. The third kappa shape index (κ3) is 3.99. The summed E-state index contributed by atoms with van der Waals surface area (Å²) in [6, 6.07) is 10.4. The van der Waals surface area contributed by atoms with Crippen molar-refractivity contribution in [3.63, 3.8) is 0 Å². The lowest BCUT2D eigenvalue weighted by atomic mass is 9.81. The van der Waals surface area contributed by atoms with Gasteiger partial charge >= 0.3 is 0 Å². The Morgan fingerprint density at radius 3 is 2.29 bits per heavy atom.